The van der Waals surface area contributed by atoms with Crippen LogP contribution in [0.1, 0.15) is 108 Å². The molecule has 0 aromatic carbocycles. The van der Waals surface area contributed by atoms with Crippen LogP contribution in [-0.4, -0.2) is 27.9 Å². The summed E-state index contributed by atoms with van der Waals surface area (Å²) in [5.74, 6) is 1.72. The van der Waals surface area contributed by atoms with Gasteiger partial charge in [0.2, 0.25) is 0 Å². The van der Waals surface area contributed by atoms with Crippen molar-refractivity contribution in [2.45, 2.75) is 106 Å². The first-order chi connectivity index (χ1) is 16.4. The zero-order valence-electron chi connectivity index (χ0n) is 24.2. The summed E-state index contributed by atoms with van der Waals surface area (Å²) >= 11 is 0. The molecule has 0 saturated heterocycles. The van der Waals surface area contributed by atoms with Crippen LogP contribution < -0.4 is 0 Å². The van der Waals surface area contributed by atoms with E-state index in [1.165, 1.54) is 51.4 Å². The lowest BCUT2D eigenvalue weighted by Crippen LogP contribution is -2.49. The van der Waals surface area contributed by atoms with Gasteiger partial charge in [-0.05, 0) is 61.2 Å². The molecule has 0 bridgehead atoms. The molecule has 0 radical (unpaired) electrons. The first-order valence-corrected chi connectivity index (χ1v) is 16.2. The summed E-state index contributed by atoms with van der Waals surface area (Å²) in [4.78, 5) is 0. The molecule has 0 N–H and O–H groups in total. The summed E-state index contributed by atoms with van der Waals surface area (Å²) in [6.45, 7) is 20.3. The number of phosphoric acid groups is 2. The lowest BCUT2D eigenvalue weighted by Gasteiger charge is -2.58. The molecule has 0 amide bonds. The topological polar surface area (TPSA) is 80.3 Å². The Labute approximate surface area is 217 Å². The highest BCUT2D eigenvalue weighted by atomic mass is 31.3. The Balaban J connectivity index is 0. The van der Waals surface area contributed by atoms with E-state index in [2.05, 4.69) is 52.2 Å². The lowest BCUT2D eigenvalue weighted by atomic mass is 9.47. The Bertz CT molecular complexity index is 708. The van der Waals surface area contributed by atoms with E-state index in [-0.39, 0.29) is 8.03 Å². The van der Waals surface area contributed by atoms with Gasteiger partial charge in [0.1, 0.15) is 0 Å². The molecule has 0 spiro atoms. The van der Waals surface area contributed by atoms with Crippen LogP contribution in [-0.2, 0) is 31.5 Å². The fourth-order valence-electron chi connectivity index (χ4n) is 5.79. The minimum absolute atomic E-state index is 0. The summed E-state index contributed by atoms with van der Waals surface area (Å²) in [5.41, 5.74) is 2.67. The number of hydrogen-bond acceptors (Lipinski definition) is 7. The quantitative estimate of drug-likeness (QED) is 0.190. The molecule has 0 aliphatic heterocycles. The van der Waals surface area contributed by atoms with Crippen LogP contribution in [0.4, 0.5) is 0 Å². The van der Waals surface area contributed by atoms with E-state index in [1.807, 2.05) is 20.8 Å². The van der Waals surface area contributed by atoms with Gasteiger partial charge in [-0.15, -0.1) is 0 Å². The van der Waals surface area contributed by atoms with Crippen LogP contribution >= 0.6 is 15.6 Å². The van der Waals surface area contributed by atoms with E-state index in [0.717, 1.165) is 33.2 Å². The molecule has 2 aliphatic carbocycles. The van der Waals surface area contributed by atoms with E-state index in [9.17, 15) is 9.13 Å². The van der Waals surface area contributed by atoms with E-state index in [1.54, 1.807) is 5.57 Å². The van der Waals surface area contributed by atoms with Gasteiger partial charge in [0.15, 0.2) is 0 Å². The maximum Gasteiger partial charge on any atom is 0.483 e. The van der Waals surface area contributed by atoms with Gasteiger partial charge in [-0.25, -0.2) is 9.13 Å². The van der Waals surface area contributed by atoms with Crippen molar-refractivity contribution in [1.82, 2.24) is 0 Å². The molecule has 2 saturated carbocycles. The second kappa shape index (κ2) is 16.1. The zero-order chi connectivity index (χ0) is 27.3. The number of fused-ring (bicyclic) bond motifs is 1. The van der Waals surface area contributed by atoms with Crippen molar-refractivity contribution in [1.29, 1.82) is 0 Å². The molecule has 0 aromatic rings. The van der Waals surface area contributed by atoms with Crippen LogP contribution in [0, 0.1) is 22.7 Å². The molecular formula is C26H56O7P2. The van der Waals surface area contributed by atoms with Gasteiger partial charge in [-0.2, -0.15) is 4.31 Å². The van der Waals surface area contributed by atoms with Crippen LogP contribution in [0.25, 0.3) is 0 Å². The lowest BCUT2D eigenvalue weighted by molar-refractivity contribution is -0.0544. The van der Waals surface area contributed by atoms with Crippen LogP contribution in [0.15, 0.2) is 12.2 Å². The highest BCUT2D eigenvalue weighted by Crippen LogP contribution is 2.65. The molecule has 35 heavy (non-hydrogen) atoms. The Morgan fingerprint density at radius 1 is 0.971 bits per heavy atom. The van der Waals surface area contributed by atoms with Crippen molar-refractivity contribution < 1.29 is 33.0 Å². The summed E-state index contributed by atoms with van der Waals surface area (Å²) in [6.07, 6.45) is 11.7. The fraction of sp³-hybridized carbons (Fsp3) is 0.923. The third-order valence-corrected chi connectivity index (χ3v) is 10.9. The highest BCUT2D eigenvalue weighted by Gasteiger charge is 2.52. The molecule has 9 heteroatoms. The maximum atomic E-state index is 11.7. The minimum Gasteiger partial charge on any atom is -0.290 e. The molecule has 2 rings (SSSR count). The summed E-state index contributed by atoms with van der Waals surface area (Å²) in [7, 11) is -4.44. The van der Waals surface area contributed by atoms with Crippen molar-refractivity contribution in [3.63, 3.8) is 0 Å². The van der Waals surface area contributed by atoms with E-state index in [4.69, 9.17) is 4.52 Å². The van der Waals surface area contributed by atoms with E-state index >= 15 is 0 Å². The predicted octanol–water partition coefficient (Wildman–Crippen LogP) is 9.83. The standard InChI is InChI=1S/C18H32.C6H16O7P2.C2H6.H2/c1-6-7-9-15-14(2)10-11-16-17(3,4)12-8-13-18(15,16)5;1-5-6-12-15(8,11-4)13-14(7,9-2)10-3;1-2;/h15-16H,2,6-13H2,1,3-5H3;5-6H2,1-4H3;1-2H3;1H/t15-,16?,18+;;;/m0.../s1. The van der Waals surface area contributed by atoms with Gasteiger partial charge in [0.05, 0.1) is 6.61 Å². The van der Waals surface area contributed by atoms with Gasteiger partial charge in [0, 0.05) is 22.8 Å². The Morgan fingerprint density at radius 3 is 2.03 bits per heavy atom. The number of phosphoric ester groups is 2. The van der Waals surface area contributed by atoms with Crippen molar-refractivity contribution in [2.75, 3.05) is 27.9 Å². The van der Waals surface area contributed by atoms with Gasteiger partial charge in [-0.3, -0.25) is 18.1 Å². The van der Waals surface area contributed by atoms with Gasteiger partial charge < -0.3 is 0 Å². The fourth-order valence-corrected chi connectivity index (χ4v) is 8.42. The van der Waals surface area contributed by atoms with Crippen molar-refractivity contribution in [3.8, 4) is 0 Å². The normalized spacial score (nSPS) is 27.4. The van der Waals surface area contributed by atoms with Crippen LogP contribution in [0.5, 0.6) is 0 Å². The molecule has 0 heterocycles. The van der Waals surface area contributed by atoms with Gasteiger partial charge >= 0.3 is 15.6 Å². The Hall–Kier alpha value is -0.0000000000000000416. The monoisotopic (exact) mass is 542 g/mol. The van der Waals surface area contributed by atoms with E-state index in [0.29, 0.717) is 17.3 Å². The minimum atomic E-state index is -3.88. The van der Waals surface area contributed by atoms with Crippen LogP contribution in [0.2, 0.25) is 0 Å². The Morgan fingerprint density at radius 2 is 1.54 bits per heavy atom. The number of rotatable bonds is 11. The molecule has 2 fully saturated rings. The highest BCUT2D eigenvalue weighted by molar-refractivity contribution is 7.62. The molecular weight excluding hydrogens is 486 g/mol. The first-order valence-electron chi connectivity index (χ1n) is 13.3. The summed E-state index contributed by atoms with van der Waals surface area (Å²) in [5, 5.41) is 0. The molecule has 0 aromatic heterocycles. The third-order valence-electron chi connectivity index (χ3n) is 7.49. The van der Waals surface area contributed by atoms with Gasteiger partial charge in [0.25, 0.3) is 0 Å². The third kappa shape index (κ3) is 10.0. The predicted molar refractivity (Wildman–Crippen MR) is 148 cm³/mol. The second-order valence-corrected chi connectivity index (χ2v) is 13.9. The summed E-state index contributed by atoms with van der Waals surface area (Å²) < 4.78 is 46.0. The largest absolute Gasteiger partial charge is 0.483 e. The van der Waals surface area contributed by atoms with E-state index < -0.39 is 15.6 Å². The number of unbranched alkanes of at least 4 members (excludes halogenated alkanes) is 1. The molecule has 4 atom stereocenters. The average Bonchev–Trinajstić information content (AvgIpc) is 2.83. The van der Waals surface area contributed by atoms with Crippen LogP contribution in [0.3, 0.4) is 0 Å². The van der Waals surface area contributed by atoms with Crippen molar-refractivity contribution >= 4 is 15.6 Å². The zero-order valence-corrected chi connectivity index (χ0v) is 26.0. The second-order valence-electron chi connectivity index (χ2n) is 10.1. The van der Waals surface area contributed by atoms with Crippen molar-refractivity contribution in [3.05, 3.63) is 12.2 Å². The van der Waals surface area contributed by atoms with Gasteiger partial charge in [-0.1, -0.05) is 79.9 Å². The molecule has 212 valence electrons. The molecule has 7 nitrogen and oxygen atoms in total. The molecule has 2 aliphatic rings. The first kappa shape index (κ1) is 35.0. The Kier molecular flexibility index (Phi) is 16.1. The molecule has 2 unspecified atom stereocenters. The number of hydrogen-bond donors (Lipinski definition) is 0. The maximum absolute atomic E-state index is 11.7. The smallest absolute Gasteiger partial charge is 0.290 e. The summed E-state index contributed by atoms with van der Waals surface area (Å²) in [6, 6.07) is 0. The van der Waals surface area contributed by atoms with Crippen molar-refractivity contribution in [2.24, 2.45) is 22.7 Å². The average molecular weight is 543 g/mol. The number of allylic oxidation sites excluding steroid dienone is 1. The SMILES string of the molecule is C=C1CCC2C(C)(C)CCC[C@]2(C)[C@H]1CCCC.CC.CCCOP(=O)(OC)OP(=O)(OC)OC.[HH].